The van der Waals surface area contributed by atoms with E-state index in [1.165, 1.54) is 22.3 Å². The fourth-order valence-corrected chi connectivity index (χ4v) is 4.53. The molecule has 0 amide bonds. The minimum atomic E-state index is -0.245. The van der Waals surface area contributed by atoms with Gasteiger partial charge >= 0.3 is 0 Å². The van der Waals surface area contributed by atoms with Crippen molar-refractivity contribution in [3.8, 4) is 16.9 Å². The Morgan fingerprint density at radius 2 is 1.26 bits per heavy atom. The SMILES string of the molecule is c1ccc(C2=NN3[C@H](C2)c2ccccc2O[C@H]3c2ccc(-c3ccccc3)cc2)cc1. The summed E-state index contributed by atoms with van der Waals surface area (Å²) in [4.78, 5) is 0. The molecule has 0 fully saturated rings. The van der Waals surface area contributed by atoms with Gasteiger partial charge in [0.1, 0.15) is 5.75 Å². The third kappa shape index (κ3) is 3.19. The molecule has 4 aromatic carbocycles. The van der Waals surface area contributed by atoms with E-state index in [4.69, 9.17) is 9.84 Å². The van der Waals surface area contributed by atoms with Crippen molar-refractivity contribution in [2.75, 3.05) is 0 Å². The molecule has 0 radical (unpaired) electrons. The molecule has 4 aromatic rings. The fourth-order valence-electron chi connectivity index (χ4n) is 4.53. The van der Waals surface area contributed by atoms with Gasteiger partial charge in [-0.15, -0.1) is 0 Å². The van der Waals surface area contributed by atoms with Gasteiger partial charge in [0, 0.05) is 17.5 Å². The molecule has 0 aliphatic carbocycles. The van der Waals surface area contributed by atoms with Crippen molar-refractivity contribution in [1.29, 1.82) is 0 Å². The Labute approximate surface area is 182 Å². The van der Waals surface area contributed by atoms with Crippen LogP contribution in [0.2, 0.25) is 0 Å². The zero-order valence-corrected chi connectivity index (χ0v) is 17.1. The van der Waals surface area contributed by atoms with Crippen LogP contribution in [0.4, 0.5) is 0 Å². The molecule has 0 spiro atoms. The molecule has 31 heavy (non-hydrogen) atoms. The van der Waals surface area contributed by atoms with Gasteiger partial charge in [-0.25, -0.2) is 5.01 Å². The Balaban J connectivity index is 1.39. The predicted octanol–water partition coefficient (Wildman–Crippen LogP) is 6.60. The first kappa shape index (κ1) is 18.0. The summed E-state index contributed by atoms with van der Waals surface area (Å²) in [5.74, 6) is 0.949. The maximum absolute atomic E-state index is 6.48. The summed E-state index contributed by atoms with van der Waals surface area (Å²) in [6.45, 7) is 0. The van der Waals surface area contributed by atoms with Crippen LogP contribution in [0, 0.1) is 0 Å². The normalized spacial score (nSPS) is 19.2. The first-order valence-electron chi connectivity index (χ1n) is 10.7. The zero-order valence-electron chi connectivity index (χ0n) is 17.1. The van der Waals surface area contributed by atoms with E-state index in [1.54, 1.807) is 0 Å². The van der Waals surface area contributed by atoms with E-state index in [0.717, 1.165) is 23.4 Å². The highest BCUT2D eigenvalue weighted by Crippen LogP contribution is 2.47. The minimum Gasteiger partial charge on any atom is -0.464 e. The summed E-state index contributed by atoms with van der Waals surface area (Å²) in [7, 11) is 0. The van der Waals surface area contributed by atoms with Crippen molar-refractivity contribution >= 4 is 5.71 Å². The van der Waals surface area contributed by atoms with Crippen molar-refractivity contribution < 1.29 is 4.74 Å². The first-order valence-corrected chi connectivity index (χ1v) is 10.7. The van der Waals surface area contributed by atoms with Gasteiger partial charge in [0.15, 0.2) is 0 Å². The maximum Gasteiger partial charge on any atom is 0.213 e. The quantitative estimate of drug-likeness (QED) is 0.386. The van der Waals surface area contributed by atoms with Crippen LogP contribution in [0.25, 0.3) is 11.1 Å². The molecule has 2 aliphatic heterocycles. The number of rotatable bonds is 3. The van der Waals surface area contributed by atoms with Crippen LogP contribution in [0.1, 0.15) is 35.4 Å². The lowest BCUT2D eigenvalue weighted by Crippen LogP contribution is -2.33. The molecule has 6 rings (SSSR count). The first-order chi connectivity index (χ1) is 15.4. The molecule has 3 heteroatoms. The van der Waals surface area contributed by atoms with Crippen LogP contribution < -0.4 is 4.74 Å². The van der Waals surface area contributed by atoms with Crippen LogP contribution >= 0.6 is 0 Å². The average Bonchev–Trinajstić information content (AvgIpc) is 3.31. The van der Waals surface area contributed by atoms with Crippen LogP contribution in [0.5, 0.6) is 5.75 Å². The molecular formula is C28H22N2O. The van der Waals surface area contributed by atoms with Crippen molar-refractivity contribution in [3.05, 3.63) is 126 Å². The molecule has 2 atom stereocenters. The highest BCUT2D eigenvalue weighted by atomic mass is 16.5. The number of hydrazone groups is 1. The van der Waals surface area contributed by atoms with Crippen LogP contribution in [0.3, 0.4) is 0 Å². The lowest BCUT2D eigenvalue weighted by atomic mass is 9.95. The Morgan fingerprint density at radius 1 is 0.645 bits per heavy atom. The second kappa shape index (κ2) is 7.44. The van der Waals surface area contributed by atoms with E-state index in [2.05, 4.69) is 96.0 Å². The highest BCUT2D eigenvalue weighted by molar-refractivity contribution is 6.01. The molecule has 0 saturated carbocycles. The topological polar surface area (TPSA) is 24.8 Å². The molecule has 0 unspecified atom stereocenters. The van der Waals surface area contributed by atoms with Crippen LogP contribution in [0.15, 0.2) is 114 Å². The molecule has 0 bridgehead atoms. The second-order valence-electron chi connectivity index (χ2n) is 8.01. The minimum absolute atomic E-state index is 0.180. The third-order valence-electron chi connectivity index (χ3n) is 6.11. The van der Waals surface area contributed by atoms with E-state index < -0.39 is 0 Å². The van der Waals surface area contributed by atoms with Gasteiger partial charge in [0.25, 0.3) is 0 Å². The summed E-state index contributed by atoms with van der Waals surface area (Å²) >= 11 is 0. The summed E-state index contributed by atoms with van der Waals surface area (Å²) < 4.78 is 6.48. The number of fused-ring (bicyclic) bond motifs is 3. The molecule has 0 N–H and O–H groups in total. The Kier molecular flexibility index (Phi) is 4.31. The molecule has 0 saturated heterocycles. The monoisotopic (exact) mass is 402 g/mol. The lowest BCUT2D eigenvalue weighted by molar-refractivity contribution is -0.0190. The van der Waals surface area contributed by atoms with Gasteiger partial charge < -0.3 is 4.74 Å². The highest BCUT2D eigenvalue weighted by Gasteiger charge is 2.40. The van der Waals surface area contributed by atoms with Gasteiger partial charge in [-0.3, -0.25) is 0 Å². The van der Waals surface area contributed by atoms with Gasteiger partial charge in [-0.2, -0.15) is 5.10 Å². The van der Waals surface area contributed by atoms with Crippen molar-refractivity contribution in [2.24, 2.45) is 5.10 Å². The van der Waals surface area contributed by atoms with E-state index in [1.807, 2.05) is 18.2 Å². The number of benzene rings is 4. The van der Waals surface area contributed by atoms with E-state index in [9.17, 15) is 0 Å². The summed E-state index contributed by atoms with van der Waals surface area (Å²) in [5, 5.41) is 7.18. The average molecular weight is 402 g/mol. The Morgan fingerprint density at radius 3 is 2.00 bits per heavy atom. The largest absolute Gasteiger partial charge is 0.464 e. The molecule has 0 aromatic heterocycles. The van der Waals surface area contributed by atoms with E-state index in [-0.39, 0.29) is 12.3 Å². The number of ether oxygens (including phenoxy) is 1. The Bertz CT molecular complexity index is 1230. The molecule has 150 valence electrons. The van der Waals surface area contributed by atoms with Crippen LogP contribution in [-0.2, 0) is 0 Å². The predicted molar refractivity (Wildman–Crippen MR) is 124 cm³/mol. The number of nitrogens with zero attached hydrogens (tertiary/aromatic N) is 2. The molecule has 3 nitrogen and oxygen atoms in total. The Hall–Kier alpha value is -3.85. The smallest absolute Gasteiger partial charge is 0.213 e. The maximum atomic E-state index is 6.48. The zero-order chi connectivity index (χ0) is 20.6. The van der Waals surface area contributed by atoms with Crippen molar-refractivity contribution in [3.63, 3.8) is 0 Å². The lowest BCUT2D eigenvalue weighted by Gasteiger charge is -2.38. The summed E-state index contributed by atoms with van der Waals surface area (Å²) in [6, 6.07) is 38.1. The van der Waals surface area contributed by atoms with E-state index in [0.29, 0.717) is 0 Å². The number of para-hydroxylation sites is 1. The molecule has 2 aliphatic rings. The van der Waals surface area contributed by atoms with Crippen LogP contribution in [-0.4, -0.2) is 10.7 Å². The summed E-state index contributed by atoms with van der Waals surface area (Å²) in [5.41, 5.74) is 7.01. The fraction of sp³-hybridized carbons (Fsp3) is 0.107. The number of hydrogen-bond acceptors (Lipinski definition) is 3. The standard InChI is InChI=1S/C28H22N2O/c1-3-9-20(10-4-1)21-15-17-23(18-16-21)28-30-26(24-13-7-8-14-27(24)31-28)19-25(29-30)22-11-5-2-6-12-22/h1-18,26,28H,19H2/t26-,28+/m1/s1. The van der Waals surface area contributed by atoms with Gasteiger partial charge in [-0.05, 0) is 22.8 Å². The van der Waals surface area contributed by atoms with Crippen molar-refractivity contribution in [1.82, 2.24) is 5.01 Å². The third-order valence-corrected chi connectivity index (χ3v) is 6.11. The second-order valence-corrected chi connectivity index (χ2v) is 8.01. The van der Waals surface area contributed by atoms with Gasteiger partial charge in [0.05, 0.1) is 11.8 Å². The molecular weight excluding hydrogens is 380 g/mol. The molecule has 2 heterocycles. The van der Waals surface area contributed by atoms with Gasteiger partial charge in [-0.1, -0.05) is 103 Å². The number of hydrogen-bond donors (Lipinski definition) is 0. The summed E-state index contributed by atoms with van der Waals surface area (Å²) in [6.07, 6.45) is 0.633. The van der Waals surface area contributed by atoms with Crippen molar-refractivity contribution in [2.45, 2.75) is 18.7 Å². The van der Waals surface area contributed by atoms with E-state index >= 15 is 0 Å². The van der Waals surface area contributed by atoms with Gasteiger partial charge in [0.2, 0.25) is 6.23 Å².